The maximum absolute atomic E-state index is 11.1. The molecule has 0 bridgehead atoms. The number of nitrogens with zero attached hydrogens (tertiary/aromatic N) is 1. The first-order chi connectivity index (χ1) is 5.61. The molecule has 0 aliphatic carbocycles. The van der Waals surface area contributed by atoms with Gasteiger partial charge in [0.25, 0.3) is 5.56 Å². The smallest absolute Gasteiger partial charge is 0.323 e. The summed E-state index contributed by atoms with van der Waals surface area (Å²) in [6.07, 6.45) is 0. The van der Waals surface area contributed by atoms with Crippen LogP contribution in [0.4, 0.5) is 0 Å². The van der Waals surface area contributed by atoms with Crippen molar-refractivity contribution in [3.8, 4) is 0 Å². The summed E-state index contributed by atoms with van der Waals surface area (Å²) < 4.78 is 1.82. The van der Waals surface area contributed by atoms with Gasteiger partial charge in [-0.05, 0) is 28.7 Å². The lowest BCUT2D eigenvalue weighted by molar-refractivity contribution is -0.137. The molecule has 0 atom stereocenters. The topological polar surface area (TPSA) is 59.3 Å². The molecule has 0 fully saturated rings. The van der Waals surface area contributed by atoms with E-state index in [2.05, 4.69) is 0 Å². The average molecular weight is 279 g/mol. The van der Waals surface area contributed by atoms with Crippen molar-refractivity contribution in [1.82, 2.24) is 4.57 Å². The second-order valence-electron chi connectivity index (χ2n) is 2.17. The third-order valence-electron chi connectivity index (χ3n) is 1.29. The van der Waals surface area contributed by atoms with Crippen LogP contribution in [0.25, 0.3) is 0 Å². The van der Waals surface area contributed by atoms with Crippen LogP contribution in [0.3, 0.4) is 0 Å². The van der Waals surface area contributed by atoms with Crippen molar-refractivity contribution in [2.75, 3.05) is 0 Å². The minimum atomic E-state index is -1.01. The van der Waals surface area contributed by atoms with Crippen LogP contribution in [-0.2, 0) is 11.3 Å². The largest absolute Gasteiger partial charge is 0.480 e. The number of aliphatic carboxylic acids is 1. The Labute approximate surface area is 82.0 Å². The van der Waals surface area contributed by atoms with Crippen molar-refractivity contribution >= 4 is 28.6 Å². The molecule has 1 heterocycles. The summed E-state index contributed by atoms with van der Waals surface area (Å²) in [4.78, 5) is 21.4. The van der Waals surface area contributed by atoms with Gasteiger partial charge in [-0.1, -0.05) is 6.07 Å². The summed E-state index contributed by atoms with van der Waals surface area (Å²) >= 11 is 1.92. The highest BCUT2D eigenvalue weighted by Crippen LogP contribution is 1.99. The Morgan fingerprint density at radius 2 is 2.25 bits per heavy atom. The minimum Gasteiger partial charge on any atom is -0.480 e. The number of carboxylic acid groups (broad SMARTS) is 1. The zero-order chi connectivity index (χ0) is 9.14. The number of halogens is 1. The maximum Gasteiger partial charge on any atom is 0.323 e. The van der Waals surface area contributed by atoms with Gasteiger partial charge >= 0.3 is 5.97 Å². The van der Waals surface area contributed by atoms with Gasteiger partial charge in [0.1, 0.15) is 6.54 Å². The van der Waals surface area contributed by atoms with Gasteiger partial charge in [0.2, 0.25) is 0 Å². The summed E-state index contributed by atoms with van der Waals surface area (Å²) in [5, 5.41) is 8.45. The minimum absolute atomic E-state index is 0.280. The van der Waals surface area contributed by atoms with Crippen LogP contribution < -0.4 is 5.56 Å². The molecule has 0 aliphatic rings. The fourth-order valence-corrected chi connectivity index (χ4v) is 1.40. The number of pyridine rings is 1. The lowest BCUT2D eigenvalue weighted by Gasteiger charge is -2.03. The second-order valence-corrected chi connectivity index (χ2v) is 3.27. The van der Waals surface area contributed by atoms with E-state index in [0.717, 1.165) is 0 Å². The highest BCUT2D eigenvalue weighted by Gasteiger charge is 2.03. The highest BCUT2D eigenvalue weighted by atomic mass is 127. The monoisotopic (exact) mass is 279 g/mol. The van der Waals surface area contributed by atoms with Crippen LogP contribution >= 0.6 is 22.6 Å². The molecule has 1 aromatic heterocycles. The fourth-order valence-electron chi connectivity index (χ4n) is 0.784. The SMILES string of the molecule is O=C(O)Cn1c(I)cccc1=O. The van der Waals surface area contributed by atoms with Crippen LogP contribution in [0.15, 0.2) is 23.0 Å². The lowest BCUT2D eigenvalue weighted by Crippen LogP contribution is -2.24. The molecule has 0 saturated heterocycles. The molecule has 0 aromatic carbocycles. The van der Waals surface area contributed by atoms with E-state index in [1.54, 1.807) is 12.1 Å². The first-order valence-electron chi connectivity index (χ1n) is 3.18. The van der Waals surface area contributed by atoms with E-state index >= 15 is 0 Å². The van der Waals surface area contributed by atoms with Crippen molar-refractivity contribution in [2.45, 2.75) is 6.54 Å². The number of carbonyl (C=O) groups is 1. The van der Waals surface area contributed by atoms with E-state index in [0.29, 0.717) is 3.70 Å². The van der Waals surface area contributed by atoms with E-state index in [1.165, 1.54) is 10.6 Å². The Morgan fingerprint density at radius 3 is 2.75 bits per heavy atom. The lowest BCUT2D eigenvalue weighted by atomic mass is 10.4. The van der Waals surface area contributed by atoms with Gasteiger partial charge < -0.3 is 5.11 Å². The van der Waals surface area contributed by atoms with Crippen molar-refractivity contribution < 1.29 is 9.90 Å². The molecule has 0 amide bonds. The number of hydrogen-bond donors (Lipinski definition) is 1. The maximum atomic E-state index is 11.1. The molecule has 64 valence electrons. The molecular weight excluding hydrogens is 273 g/mol. The molecule has 5 heteroatoms. The van der Waals surface area contributed by atoms with Crippen molar-refractivity contribution in [1.29, 1.82) is 0 Å². The molecule has 12 heavy (non-hydrogen) atoms. The Balaban J connectivity index is 3.13. The van der Waals surface area contributed by atoms with Gasteiger partial charge in [0.05, 0.1) is 3.70 Å². The van der Waals surface area contributed by atoms with Gasteiger partial charge in [0, 0.05) is 6.07 Å². The number of hydrogen-bond acceptors (Lipinski definition) is 2. The zero-order valence-electron chi connectivity index (χ0n) is 6.03. The van der Waals surface area contributed by atoms with Gasteiger partial charge in [0.15, 0.2) is 0 Å². The third-order valence-corrected chi connectivity index (χ3v) is 2.23. The molecule has 1 rings (SSSR count). The predicted octanol–water partition coefficient (Wildman–Crippen LogP) is 0.538. The van der Waals surface area contributed by atoms with Crippen molar-refractivity contribution in [3.05, 3.63) is 32.3 Å². The second kappa shape index (κ2) is 3.70. The van der Waals surface area contributed by atoms with Gasteiger partial charge in [-0.2, -0.15) is 0 Å². The van der Waals surface area contributed by atoms with Gasteiger partial charge in [-0.3, -0.25) is 14.2 Å². The highest BCUT2D eigenvalue weighted by molar-refractivity contribution is 14.1. The normalized spacial score (nSPS) is 9.75. The Morgan fingerprint density at radius 1 is 1.58 bits per heavy atom. The van der Waals surface area contributed by atoms with E-state index < -0.39 is 5.97 Å². The summed E-state index contributed by atoms with van der Waals surface area (Å²) in [7, 11) is 0. The van der Waals surface area contributed by atoms with E-state index in [-0.39, 0.29) is 12.1 Å². The summed E-state index contributed by atoms with van der Waals surface area (Å²) in [5.74, 6) is -1.01. The fraction of sp³-hybridized carbons (Fsp3) is 0.143. The first kappa shape index (κ1) is 9.24. The van der Waals surface area contributed by atoms with Crippen LogP contribution in [0, 0.1) is 3.70 Å². The summed E-state index contributed by atoms with van der Waals surface area (Å²) in [5.41, 5.74) is -0.288. The Bertz CT molecular complexity index is 358. The number of carboxylic acids is 1. The Hall–Kier alpha value is -0.850. The molecule has 0 unspecified atom stereocenters. The Kier molecular flexibility index (Phi) is 2.85. The molecule has 1 aromatic rings. The first-order valence-corrected chi connectivity index (χ1v) is 4.26. The van der Waals surface area contributed by atoms with Crippen molar-refractivity contribution in [2.24, 2.45) is 0 Å². The van der Waals surface area contributed by atoms with Crippen LogP contribution in [-0.4, -0.2) is 15.6 Å². The van der Waals surface area contributed by atoms with Crippen LogP contribution in [0.5, 0.6) is 0 Å². The van der Waals surface area contributed by atoms with E-state index in [4.69, 9.17) is 5.11 Å². The molecule has 0 radical (unpaired) electrons. The molecule has 4 nitrogen and oxygen atoms in total. The summed E-state index contributed by atoms with van der Waals surface area (Å²) in [6.45, 7) is -0.280. The molecule has 1 N–H and O–H groups in total. The average Bonchev–Trinajstić information content (AvgIpc) is 1.97. The quantitative estimate of drug-likeness (QED) is 0.635. The van der Waals surface area contributed by atoms with E-state index in [9.17, 15) is 9.59 Å². The molecule has 0 spiro atoms. The van der Waals surface area contributed by atoms with Crippen LogP contribution in [0.2, 0.25) is 0 Å². The molecular formula is C7H6INO3. The standard InChI is InChI=1S/C7H6INO3/c8-5-2-1-3-6(10)9(5)4-7(11)12/h1-3H,4H2,(H,11,12). The molecule has 0 aliphatic heterocycles. The van der Waals surface area contributed by atoms with Crippen molar-refractivity contribution in [3.63, 3.8) is 0 Å². The van der Waals surface area contributed by atoms with Gasteiger partial charge in [-0.15, -0.1) is 0 Å². The number of rotatable bonds is 2. The third kappa shape index (κ3) is 2.07. The van der Waals surface area contributed by atoms with Gasteiger partial charge in [-0.25, -0.2) is 0 Å². The number of aromatic nitrogens is 1. The predicted molar refractivity (Wildman–Crippen MR) is 51.1 cm³/mol. The van der Waals surface area contributed by atoms with Crippen LogP contribution in [0.1, 0.15) is 0 Å². The zero-order valence-corrected chi connectivity index (χ0v) is 8.19. The summed E-state index contributed by atoms with van der Waals surface area (Å²) in [6, 6.07) is 4.62. The van der Waals surface area contributed by atoms with E-state index in [1.807, 2.05) is 22.6 Å². The molecule has 0 saturated carbocycles.